The third-order valence-corrected chi connectivity index (χ3v) is 5.36. The number of hydrogen-bond acceptors (Lipinski definition) is 3. The van der Waals surface area contributed by atoms with Crippen LogP contribution < -0.4 is 0 Å². The molecule has 4 heteroatoms. The molecule has 1 atom stereocenters. The van der Waals surface area contributed by atoms with E-state index in [1.54, 1.807) is 0 Å². The van der Waals surface area contributed by atoms with Crippen molar-refractivity contribution in [2.75, 3.05) is 32.7 Å². The molecule has 0 radical (unpaired) electrons. The first-order valence-corrected chi connectivity index (χ1v) is 8.19. The van der Waals surface area contributed by atoms with E-state index in [0.717, 1.165) is 36.6 Å². The summed E-state index contributed by atoms with van der Waals surface area (Å²) in [6.07, 6.45) is 3.99. The Morgan fingerprint density at radius 3 is 2.76 bits per heavy atom. The summed E-state index contributed by atoms with van der Waals surface area (Å²) in [4.78, 5) is 17.6. The van der Waals surface area contributed by atoms with Gasteiger partial charge in [-0.05, 0) is 39.3 Å². The number of nitrogens with zero attached hydrogens (tertiary/aromatic N) is 3. The highest BCUT2D eigenvalue weighted by Gasteiger charge is 2.30. The quantitative estimate of drug-likeness (QED) is 0.797. The summed E-state index contributed by atoms with van der Waals surface area (Å²) in [6, 6.07) is 2.72. The predicted molar refractivity (Wildman–Crippen MR) is 84.9 cm³/mol. The van der Waals surface area contributed by atoms with Crippen LogP contribution in [-0.4, -0.2) is 58.9 Å². The van der Waals surface area contributed by atoms with Crippen LogP contribution in [0.3, 0.4) is 0 Å². The van der Waals surface area contributed by atoms with Crippen molar-refractivity contribution in [3.05, 3.63) is 23.0 Å². The van der Waals surface area contributed by atoms with Gasteiger partial charge in [-0.15, -0.1) is 0 Å². The van der Waals surface area contributed by atoms with Crippen molar-refractivity contribution in [3.8, 4) is 0 Å². The van der Waals surface area contributed by atoms with Crippen molar-refractivity contribution >= 4 is 5.78 Å². The van der Waals surface area contributed by atoms with Crippen molar-refractivity contribution in [1.29, 1.82) is 0 Å². The highest BCUT2D eigenvalue weighted by Crippen LogP contribution is 2.21. The van der Waals surface area contributed by atoms with E-state index in [1.807, 2.05) is 20.0 Å². The highest BCUT2D eigenvalue weighted by molar-refractivity contribution is 5.99. The molecule has 2 saturated heterocycles. The maximum absolute atomic E-state index is 12.6. The molecule has 0 N–H and O–H groups in total. The van der Waals surface area contributed by atoms with Gasteiger partial charge in [0, 0.05) is 49.7 Å². The summed E-state index contributed by atoms with van der Waals surface area (Å²) >= 11 is 0. The third-order valence-electron chi connectivity index (χ3n) is 5.36. The van der Waals surface area contributed by atoms with Crippen LogP contribution in [0.5, 0.6) is 0 Å². The lowest BCUT2D eigenvalue weighted by molar-refractivity contribution is 0.0469. The van der Waals surface area contributed by atoms with Crippen LogP contribution in [0.25, 0.3) is 0 Å². The molecule has 2 aliphatic heterocycles. The lowest BCUT2D eigenvalue weighted by atomic mass is 9.99. The van der Waals surface area contributed by atoms with Crippen LogP contribution in [0.15, 0.2) is 6.07 Å². The summed E-state index contributed by atoms with van der Waals surface area (Å²) < 4.78 is 2.10. The van der Waals surface area contributed by atoms with Crippen molar-refractivity contribution in [2.45, 2.75) is 39.2 Å². The molecule has 0 aromatic carbocycles. The SMILES string of the molecule is Cc1cc(C(=O)CN2CCN3CCCCC3C2)c(C)n1C. The Morgan fingerprint density at radius 1 is 1.24 bits per heavy atom. The van der Waals surface area contributed by atoms with Crippen LogP contribution in [0.2, 0.25) is 0 Å². The van der Waals surface area contributed by atoms with E-state index in [2.05, 4.69) is 21.3 Å². The van der Waals surface area contributed by atoms with Gasteiger partial charge in [0.15, 0.2) is 5.78 Å². The summed E-state index contributed by atoms with van der Waals surface area (Å²) in [7, 11) is 2.03. The van der Waals surface area contributed by atoms with Crippen LogP contribution in [0, 0.1) is 13.8 Å². The zero-order valence-electron chi connectivity index (χ0n) is 13.6. The molecule has 2 fully saturated rings. The highest BCUT2D eigenvalue weighted by atomic mass is 16.1. The zero-order valence-corrected chi connectivity index (χ0v) is 13.6. The van der Waals surface area contributed by atoms with Crippen molar-refractivity contribution in [3.63, 3.8) is 0 Å². The smallest absolute Gasteiger partial charge is 0.178 e. The van der Waals surface area contributed by atoms with E-state index in [1.165, 1.54) is 25.8 Å². The molecule has 116 valence electrons. The minimum absolute atomic E-state index is 0.278. The Bertz CT molecular complexity index is 534. The minimum Gasteiger partial charge on any atom is -0.351 e. The van der Waals surface area contributed by atoms with Gasteiger partial charge in [-0.25, -0.2) is 0 Å². The molecule has 1 aromatic rings. The molecule has 0 bridgehead atoms. The molecular formula is C17H27N3O. The van der Waals surface area contributed by atoms with Crippen LogP contribution in [0.4, 0.5) is 0 Å². The van der Waals surface area contributed by atoms with E-state index in [9.17, 15) is 4.79 Å². The Labute approximate surface area is 127 Å². The molecule has 3 heterocycles. The molecule has 0 saturated carbocycles. The molecule has 0 aliphatic carbocycles. The maximum Gasteiger partial charge on any atom is 0.178 e. The molecule has 2 aliphatic rings. The van der Waals surface area contributed by atoms with E-state index < -0.39 is 0 Å². The number of Topliss-reactive ketones (excluding diaryl/α,β-unsaturated/α-hetero) is 1. The second kappa shape index (κ2) is 5.93. The van der Waals surface area contributed by atoms with Crippen LogP contribution in [-0.2, 0) is 7.05 Å². The summed E-state index contributed by atoms with van der Waals surface area (Å²) in [6.45, 7) is 9.16. The summed E-state index contributed by atoms with van der Waals surface area (Å²) in [5, 5.41) is 0. The molecule has 21 heavy (non-hydrogen) atoms. The normalized spacial score (nSPS) is 24.0. The van der Waals surface area contributed by atoms with Gasteiger partial charge in [0.25, 0.3) is 0 Å². The van der Waals surface area contributed by atoms with Gasteiger partial charge in [-0.1, -0.05) is 6.42 Å². The first kappa shape index (κ1) is 14.8. The Morgan fingerprint density at radius 2 is 2.05 bits per heavy atom. The Balaban J connectivity index is 1.63. The zero-order chi connectivity index (χ0) is 15.0. The predicted octanol–water partition coefficient (Wildman–Crippen LogP) is 1.99. The topological polar surface area (TPSA) is 28.5 Å². The third kappa shape index (κ3) is 2.92. The molecule has 3 rings (SSSR count). The number of carbonyl (C=O) groups is 1. The van der Waals surface area contributed by atoms with Gasteiger partial charge in [0.05, 0.1) is 6.54 Å². The monoisotopic (exact) mass is 289 g/mol. The van der Waals surface area contributed by atoms with E-state index >= 15 is 0 Å². The second-order valence-corrected chi connectivity index (χ2v) is 6.69. The first-order chi connectivity index (χ1) is 10.1. The van der Waals surface area contributed by atoms with Crippen LogP contribution >= 0.6 is 0 Å². The van der Waals surface area contributed by atoms with Gasteiger partial charge < -0.3 is 4.57 Å². The minimum atomic E-state index is 0.278. The van der Waals surface area contributed by atoms with Crippen LogP contribution in [0.1, 0.15) is 41.0 Å². The van der Waals surface area contributed by atoms with E-state index in [4.69, 9.17) is 0 Å². The molecule has 1 unspecified atom stereocenters. The largest absolute Gasteiger partial charge is 0.351 e. The second-order valence-electron chi connectivity index (χ2n) is 6.69. The Hall–Kier alpha value is -1.13. The van der Waals surface area contributed by atoms with Crippen molar-refractivity contribution < 1.29 is 4.79 Å². The molecule has 1 aromatic heterocycles. The van der Waals surface area contributed by atoms with Gasteiger partial charge in [0.2, 0.25) is 0 Å². The number of fused-ring (bicyclic) bond motifs is 1. The van der Waals surface area contributed by atoms with Crippen molar-refractivity contribution in [2.24, 2.45) is 7.05 Å². The molecule has 4 nitrogen and oxygen atoms in total. The lowest BCUT2D eigenvalue weighted by Crippen LogP contribution is -2.55. The average Bonchev–Trinajstić information content (AvgIpc) is 2.75. The van der Waals surface area contributed by atoms with E-state index in [0.29, 0.717) is 12.6 Å². The average molecular weight is 289 g/mol. The number of piperazine rings is 1. The van der Waals surface area contributed by atoms with Gasteiger partial charge in [-0.3, -0.25) is 14.6 Å². The number of ketones is 1. The van der Waals surface area contributed by atoms with Gasteiger partial charge in [-0.2, -0.15) is 0 Å². The fourth-order valence-corrected chi connectivity index (χ4v) is 3.79. The van der Waals surface area contributed by atoms with E-state index in [-0.39, 0.29) is 5.78 Å². The summed E-state index contributed by atoms with van der Waals surface area (Å²) in [5.41, 5.74) is 3.16. The van der Waals surface area contributed by atoms with Crippen molar-refractivity contribution in [1.82, 2.24) is 14.4 Å². The number of piperidine rings is 1. The lowest BCUT2D eigenvalue weighted by Gasteiger charge is -2.43. The van der Waals surface area contributed by atoms with Gasteiger partial charge >= 0.3 is 0 Å². The maximum atomic E-state index is 12.6. The summed E-state index contributed by atoms with van der Waals surface area (Å²) in [5.74, 6) is 0.278. The number of aryl methyl sites for hydroxylation is 1. The fraction of sp³-hybridized carbons (Fsp3) is 0.706. The number of rotatable bonds is 3. The number of hydrogen-bond donors (Lipinski definition) is 0. The standard InChI is InChI=1S/C17H27N3O/c1-13-10-16(14(2)18(13)3)17(21)12-19-8-9-20-7-5-4-6-15(20)11-19/h10,15H,4-9,11-12H2,1-3H3. The fourth-order valence-electron chi connectivity index (χ4n) is 3.79. The van der Waals surface area contributed by atoms with Gasteiger partial charge in [0.1, 0.15) is 0 Å². The molecular weight excluding hydrogens is 262 g/mol. The molecule has 0 amide bonds. The first-order valence-electron chi connectivity index (χ1n) is 8.19. The molecule has 0 spiro atoms. The number of carbonyl (C=O) groups excluding carboxylic acids is 1. The Kier molecular flexibility index (Phi) is 4.18. The number of aromatic nitrogens is 1.